The second kappa shape index (κ2) is 7.78. The van der Waals surface area contributed by atoms with E-state index in [0.29, 0.717) is 11.4 Å². The van der Waals surface area contributed by atoms with Gasteiger partial charge in [0.05, 0.1) is 0 Å². The summed E-state index contributed by atoms with van der Waals surface area (Å²) in [6, 6.07) is 17.3. The first kappa shape index (κ1) is 19.3. The van der Waals surface area contributed by atoms with Crippen LogP contribution in [-0.4, -0.2) is 39.5 Å². The summed E-state index contributed by atoms with van der Waals surface area (Å²) in [6.45, 7) is 0.808. The number of hydrogen-bond donors (Lipinski definition) is 1. The van der Waals surface area contributed by atoms with Crippen molar-refractivity contribution in [2.45, 2.75) is 19.1 Å². The maximum absolute atomic E-state index is 12.8. The lowest BCUT2D eigenvalue weighted by Gasteiger charge is -2.21. The van der Waals surface area contributed by atoms with Crippen LogP contribution in [0.25, 0.3) is 11.4 Å². The highest BCUT2D eigenvalue weighted by Gasteiger charge is 2.49. The molecule has 1 N–H and O–H groups in total. The van der Waals surface area contributed by atoms with Crippen molar-refractivity contribution in [3.8, 4) is 11.4 Å². The minimum Gasteiger partial charge on any atom is -0.454 e. The zero-order valence-corrected chi connectivity index (χ0v) is 16.1. The molecule has 152 valence electrons. The van der Waals surface area contributed by atoms with E-state index in [9.17, 15) is 14.4 Å². The van der Waals surface area contributed by atoms with Crippen molar-refractivity contribution < 1.29 is 23.6 Å². The molecule has 3 amide bonds. The van der Waals surface area contributed by atoms with Gasteiger partial charge in [0, 0.05) is 5.56 Å². The molecule has 2 heterocycles. The monoisotopic (exact) mass is 406 g/mol. The van der Waals surface area contributed by atoms with E-state index in [2.05, 4.69) is 15.5 Å². The van der Waals surface area contributed by atoms with E-state index in [1.165, 1.54) is 0 Å². The van der Waals surface area contributed by atoms with E-state index >= 15 is 0 Å². The average molecular weight is 406 g/mol. The summed E-state index contributed by atoms with van der Waals surface area (Å²) in [4.78, 5) is 42.3. The highest BCUT2D eigenvalue weighted by molar-refractivity contribution is 6.08. The predicted octanol–water partition coefficient (Wildman–Crippen LogP) is 2.25. The highest BCUT2D eigenvalue weighted by atomic mass is 16.6. The van der Waals surface area contributed by atoms with Gasteiger partial charge in [-0.3, -0.25) is 14.5 Å². The van der Waals surface area contributed by atoms with Crippen LogP contribution in [0.5, 0.6) is 0 Å². The number of amides is 3. The lowest BCUT2D eigenvalue weighted by Crippen LogP contribution is -2.41. The molecule has 9 heteroatoms. The number of benzene rings is 2. The van der Waals surface area contributed by atoms with Crippen LogP contribution in [0.15, 0.2) is 65.2 Å². The molecule has 1 aromatic heterocycles. The van der Waals surface area contributed by atoms with Crippen LogP contribution in [0, 0.1) is 0 Å². The molecule has 1 aliphatic heterocycles. The number of esters is 1. The average Bonchev–Trinajstić information content (AvgIpc) is 3.33. The molecule has 1 fully saturated rings. The molecule has 3 aromatic rings. The standard InChI is InChI=1S/C21H18N4O5/c1-21(15-10-6-3-7-11-15)19(27)25(20(28)23-21)12-17(26)29-13-16-22-18(24-30-16)14-8-4-2-5-9-14/h2-11H,12-13H2,1H3,(H,23,28)/t21-/m0/s1. The Morgan fingerprint density at radius 1 is 1.10 bits per heavy atom. The van der Waals surface area contributed by atoms with Crippen LogP contribution >= 0.6 is 0 Å². The van der Waals surface area contributed by atoms with Crippen LogP contribution < -0.4 is 5.32 Å². The molecule has 9 nitrogen and oxygen atoms in total. The van der Waals surface area contributed by atoms with E-state index in [1.54, 1.807) is 31.2 Å². The molecule has 0 radical (unpaired) electrons. The summed E-state index contributed by atoms with van der Waals surface area (Å²) in [6.07, 6.45) is 0. The number of nitrogens with one attached hydrogen (secondary N) is 1. The number of hydrogen-bond acceptors (Lipinski definition) is 7. The zero-order chi connectivity index (χ0) is 21.1. The van der Waals surface area contributed by atoms with Gasteiger partial charge >= 0.3 is 12.0 Å². The molecule has 1 aliphatic rings. The van der Waals surface area contributed by atoms with Gasteiger partial charge in [0.15, 0.2) is 6.61 Å². The van der Waals surface area contributed by atoms with Gasteiger partial charge in [-0.15, -0.1) is 0 Å². The Hall–Kier alpha value is -4.01. The fraction of sp³-hybridized carbons (Fsp3) is 0.190. The summed E-state index contributed by atoms with van der Waals surface area (Å²) in [5, 5.41) is 6.47. The van der Waals surface area contributed by atoms with Gasteiger partial charge in [-0.1, -0.05) is 65.8 Å². The molecule has 0 bridgehead atoms. The lowest BCUT2D eigenvalue weighted by atomic mass is 9.92. The Balaban J connectivity index is 1.37. The first-order chi connectivity index (χ1) is 14.5. The Kier molecular flexibility index (Phi) is 5.01. The zero-order valence-electron chi connectivity index (χ0n) is 16.1. The van der Waals surface area contributed by atoms with Crippen molar-refractivity contribution in [3.63, 3.8) is 0 Å². The fourth-order valence-corrected chi connectivity index (χ4v) is 3.14. The Labute approximate surface area is 171 Å². The molecular weight excluding hydrogens is 388 g/mol. The first-order valence-corrected chi connectivity index (χ1v) is 9.20. The molecule has 1 atom stereocenters. The Morgan fingerprint density at radius 2 is 1.77 bits per heavy atom. The molecule has 30 heavy (non-hydrogen) atoms. The number of aromatic nitrogens is 2. The van der Waals surface area contributed by atoms with Crippen LogP contribution in [0.4, 0.5) is 4.79 Å². The van der Waals surface area contributed by atoms with Crippen LogP contribution in [0.2, 0.25) is 0 Å². The molecule has 0 spiro atoms. The third kappa shape index (κ3) is 3.64. The van der Waals surface area contributed by atoms with Gasteiger partial charge < -0.3 is 14.6 Å². The summed E-state index contributed by atoms with van der Waals surface area (Å²) in [5.74, 6) is -0.821. The van der Waals surface area contributed by atoms with Crippen LogP contribution in [0.3, 0.4) is 0 Å². The van der Waals surface area contributed by atoms with Crippen molar-refractivity contribution in [2.75, 3.05) is 6.54 Å². The molecule has 0 aliphatic carbocycles. The van der Waals surface area contributed by atoms with Gasteiger partial charge in [0.2, 0.25) is 5.82 Å². The molecule has 0 unspecified atom stereocenters. The number of carbonyl (C=O) groups excluding carboxylic acids is 3. The van der Waals surface area contributed by atoms with Gasteiger partial charge in [-0.05, 0) is 12.5 Å². The maximum Gasteiger partial charge on any atom is 0.326 e. The van der Waals surface area contributed by atoms with Crippen molar-refractivity contribution in [2.24, 2.45) is 0 Å². The number of ether oxygens (including phenoxy) is 1. The lowest BCUT2D eigenvalue weighted by molar-refractivity contribution is -0.149. The van der Waals surface area contributed by atoms with Gasteiger partial charge in [0.1, 0.15) is 12.1 Å². The van der Waals surface area contributed by atoms with Crippen molar-refractivity contribution >= 4 is 17.9 Å². The smallest absolute Gasteiger partial charge is 0.326 e. The van der Waals surface area contributed by atoms with Crippen LogP contribution in [0.1, 0.15) is 18.4 Å². The molecule has 4 rings (SSSR count). The van der Waals surface area contributed by atoms with E-state index in [4.69, 9.17) is 9.26 Å². The minimum absolute atomic E-state index is 0.105. The minimum atomic E-state index is -1.24. The third-order valence-electron chi connectivity index (χ3n) is 4.77. The summed E-state index contributed by atoms with van der Waals surface area (Å²) < 4.78 is 10.2. The third-order valence-corrected chi connectivity index (χ3v) is 4.77. The van der Waals surface area contributed by atoms with Crippen molar-refractivity contribution in [1.82, 2.24) is 20.4 Å². The first-order valence-electron chi connectivity index (χ1n) is 9.20. The second-order valence-corrected chi connectivity index (χ2v) is 6.85. The number of urea groups is 1. The SMILES string of the molecule is C[C@@]1(c2ccccc2)NC(=O)N(CC(=O)OCc2nc(-c3ccccc3)no2)C1=O. The predicted molar refractivity (Wildman–Crippen MR) is 104 cm³/mol. The normalized spacial score (nSPS) is 18.4. The number of carbonyl (C=O) groups is 3. The van der Waals surface area contributed by atoms with Gasteiger partial charge in [-0.2, -0.15) is 4.98 Å². The summed E-state index contributed by atoms with van der Waals surface area (Å²) >= 11 is 0. The van der Waals surface area contributed by atoms with Crippen molar-refractivity contribution in [3.05, 3.63) is 72.1 Å². The number of rotatable bonds is 6. The quantitative estimate of drug-likeness (QED) is 0.493. The number of nitrogens with zero attached hydrogens (tertiary/aromatic N) is 3. The summed E-state index contributed by atoms with van der Waals surface area (Å²) in [7, 11) is 0. The maximum atomic E-state index is 12.8. The number of imide groups is 1. The molecule has 0 saturated carbocycles. The van der Waals surface area contributed by atoms with E-state index in [0.717, 1.165) is 10.5 Å². The Morgan fingerprint density at radius 3 is 2.47 bits per heavy atom. The summed E-state index contributed by atoms with van der Waals surface area (Å²) in [5.41, 5.74) is 0.146. The topological polar surface area (TPSA) is 115 Å². The highest BCUT2D eigenvalue weighted by Crippen LogP contribution is 2.28. The largest absolute Gasteiger partial charge is 0.454 e. The fourth-order valence-electron chi connectivity index (χ4n) is 3.14. The van der Waals surface area contributed by atoms with Crippen molar-refractivity contribution in [1.29, 1.82) is 0 Å². The van der Waals surface area contributed by atoms with Gasteiger partial charge in [-0.25, -0.2) is 4.79 Å². The van der Waals surface area contributed by atoms with E-state index < -0.39 is 30.0 Å². The van der Waals surface area contributed by atoms with Gasteiger partial charge in [0.25, 0.3) is 11.8 Å². The van der Waals surface area contributed by atoms with E-state index in [-0.39, 0.29) is 12.5 Å². The Bertz CT molecular complexity index is 1080. The van der Waals surface area contributed by atoms with Crippen LogP contribution in [-0.2, 0) is 26.5 Å². The molecular formula is C21H18N4O5. The molecule has 2 aromatic carbocycles. The van der Waals surface area contributed by atoms with E-state index in [1.807, 2.05) is 36.4 Å². The molecule has 1 saturated heterocycles. The second-order valence-electron chi connectivity index (χ2n) is 6.85.